The van der Waals surface area contributed by atoms with Gasteiger partial charge in [-0.25, -0.2) is 0 Å². The van der Waals surface area contributed by atoms with Gasteiger partial charge in [0.25, 0.3) is 0 Å². The summed E-state index contributed by atoms with van der Waals surface area (Å²) in [7, 11) is 0. The van der Waals surface area contributed by atoms with Gasteiger partial charge in [-0.3, -0.25) is 4.79 Å². The zero-order chi connectivity index (χ0) is 16.6. The summed E-state index contributed by atoms with van der Waals surface area (Å²) in [4.78, 5) is 13.1. The van der Waals surface area contributed by atoms with E-state index in [1.807, 2.05) is 42.5 Å². The van der Waals surface area contributed by atoms with Gasteiger partial charge in [-0.2, -0.15) is 0 Å². The monoisotopic (exact) mass is 355 g/mol. The molecule has 1 aromatic heterocycles. The lowest BCUT2D eigenvalue weighted by Gasteiger charge is -2.06. The summed E-state index contributed by atoms with van der Waals surface area (Å²) >= 11 is 3.08. The van der Waals surface area contributed by atoms with Crippen molar-refractivity contribution in [2.75, 3.05) is 5.32 Å². The first-order valence-corrected chi connectivity index (χ1v) is 9.37. The molecule has 4 nitrogen and oxygen atoms in total. The van der Waals surface area contributed by atoms with Gasteiger partial charge >= 0.3 is 0 Å². The fourth-order valence-electron chi connectivity index (χ4n) is 2.24. The van der Waals surface area contributed by atoms with Crippen molar-refractivity contribution < 1.29 is 4.79 Å². The van der Waals surface area contributed by atoms with Gasteiger partial charge in [-0.05, 0) is 42.7 Å². The molecule has 1 heterocycles. The number of rotatable bonds is 7. The third-order valence-corrected chi connectivity index (χ3v) is 5.18. The number of benzene rings is 2. The average molecular weight is 355 g/mol. The molecular formula is C18H17N3OS2. The Morgan fingerprint density at radius 3 is 2.58 bits per heavy atom. The van der Waals surface area contributed by atoms with Crippen molar-refractivity contribution >= 4 is 34.7 Å². The minimum absolute atomic E-state index is 0.0513. The van der Waals surface area contributed by atoms with Crippen molar-refractivity contribution in [3.63, 3.8) is 0 Å². The first-order chi connectivity index (χ1) is 11.8. The number of nitrogens with zero attached hydrogens (tertiary/aromatic N) is 2. The van der Waals surface area contributed by atoms with Gasteiger partial charge in [0.1, 0.15) is 5.51 Å². The van der Waals surface area contributed by atoms with E-state index in [2.05, 4.69) is 27.6 Å². The number of hydrogen-bond acceptors (Lipinski definition) is 5. The summed E-state index contributed by atoms with van der Waals surface area (Å²) in [6.07, 6.45) is 2.29. The van der Waals surface area contributed by atoms with Crippen LogP contribution >= 0.6 is 23.1 Å². The first-order valence-electron chi connectivity index (χ1n) is 7.67. The Balaban J connectivity index is 1.44. The molecule has 0 aliphatic heterocycles. The molecule has 2 aromatic carbocycles. The molecule has 0 fully saturated rings. The van der Waals surface area contributed by atoms with Crippen LogP contribution < -0.4 is 5.32 Å². The Bertz CT molecular complexity index is 759. The van der Waals surface area contributed by atoms with E-state index in [4.69, 9.17) is 0 Å². The predicted molar refractivity (Wildman–Crippen MR) is 98.5 cm³/mol. The molecule has 0 unspecified atom stereocenters. The van der Waals surface area contributed by atoms with Crippen molar-refractivity contribution in [3.8, 4) is 0 Å². The lowest BCUT2D eigenvalue weighted by molar-refractivity contribution is -0.116. The molecule has 0 saturated heterocycles. The predicted octanol–water partition coefficient (Wildman–Crippen LogP) is 4.65. The normalized spacial score (nSPS) is 10.5. The SMILES string of the molecule is O=C(CCCc1ccccc1)Nc1ccc(Sc2nncs2)cc1. The number of carbonyl (C=O) groups excluding carboxylic acids is 1. The van der Waals surface area contributed by atoms with E-state index >= 15 is 0 Å². The van der Waals surface area contributed by atoms with Gasteiger partial charge in [-0.1, -0.05) is 53.4 Å². The minimum atomic E-state index is 0.0513. The molecule has 0 atom stereocenters. The summed E-state index contributed by atoms with van der Waals surface area (Å²) in [5, 5.41) is 10.8. The average Bonchev–Trinajstić information content (AvgIpc) is 3.11. The van der Waals surface area contributed by atoms with Crippen LogP contribution in [0.2, 0.25) is 0 Å². The van der Waals surface area contributed by atoms with E-state index in [0.29, 0.717) is 6.42 Å². The molecule has 0 aliphatic rings. The first kappa shape index (κ1) is 16.7. The highest BCUT2D eigenvalue weighted by atomic mass is 32.2. The zero-order valence-electron chi connectivity index (χ0n) is 13.0. The quantitative estimate of drug-likeness (QED) is 0.670. The maximum Gasteiger partial charge on any atom is 0.224 e. The second kappa shape index (κ2) is 8.61. The molecule has 0 radical (unpaired) electrons. The van der Waals surface area contributed by atoms with Crippen LogP contribution in [0.1, 0.15) is 18.4 Å². The number of aromatic nitrogens is 2. The molecule has 0 aliphatic carbocycles. The fraction of sp³-hybridized carbons (Fsp3) is 0.167. The number of amides is 1. The van der Waals surface area contributed by atoms with Gasteiger partial charge < -0.3 is 5.32 Å². The summed E-state index contributed by atoms with van der Waals surface area (Å²) in [6.45, 7) is 0. The standard InChI is InChI=1S/C18H17N3OS2/c22-17(8-4-7-14-5-2-1-3-6-14)20-15-9-11-16(12-10-15)24-18-21-19-13-23-18/h1-3,5-6,9-13H,4,7-8H2,(H,20,22). The van der Waals surface area contributed by atoms with Crippen LogP contribution in [0.5, 0.6) is 0 Å². The Morgan fingerprint density at radius 2 is 1.88 bits per heavy atom. The van der Waals surface area contributed by atoms with Crippen LogP contribution in [0.3, 0.4) is 0 Å². The van der Waals surface area contributed by atoms with E-state index in [-0.39, 0.29) is 5.91 Å². The van der Waals surface area contributed by atoms with E-state index in [0.717, 1.165) is 27.8 Å². The lowest BCUT2D eigenvalue weighted by Crippen LogP contribution is -2.11. The molecule has 0 spiro atoms. The second-order valence-electron chi connectivity index (χ2n) is 5.22. The Hall–Kier alpha value is -2.18. The molecule has 3 rings (SSSR count). The summed E-state index contributed by atoms with van der Waals surface area (Å²) in [6, 6.07) is 18.0. The summed E-state index contributed by atoms with van der Waals surface area (Å²) in [5.41, 5.74) is 3.80. The van der Waals surface area contributed by atoms with E-state index in [1.54, 1.807) is 17.3 Å². The summed E-state index contributed by atoms with van der Waals surface area (Å²) < 4.78 is 0.910. The largest absolute Gasteiger partial charge is 0.326 e. The van der Waals surface area contributed by atoms with E-state index in [9.17, 15) is 4.79 Å². The third kappa shape index (κ3) is 5.18. The topological polar surface area (TPSA) is 54.9 Å². The highest BCUT2D eigenvalue weighted by Gasteiger charge is 2.04. The van der Waals surface area contributed by atoms with Crippen molar-refractivity contribution in [2.24, 2.45) is 0 Å². The lowest BCUT2D eigenvalue weighted by atomic mass is 10.1. The number of carbonyl (C=O) groups is 1. The van der Waals surface area contributed by atoms with Crippen LogP contribution in [0.15, 0.2) is 69.3 Å². The molecular weight excluding hydrogens is 338 g/mol. The van der Waals surface area contributed by atoms with Crippen LogP contribution in [-0.2, 0) is 11.2 Å². The van der Waals surface area contributed by atoms with E-state index < -0.39 is 0 Å². The van der Waals surface area contributed by atoms with Gasteiger partial charge in [0, 0.05) is 17.0 Å². The third-order valence-electron chi connectivity index (χ3n) is 3.40. The van der Waals surface area contributed by atoms with Crippen molar-refractivity contribution in [1.82, 2.24) is 10.2 Å². The van der Waals surface area contributed by atoms with Gasteiger partial charge in [0.2, 0.25) is 5.91 Å². The van der Waals surface area contributed by atoms with Crippen LogP contribution in [0.4, 0.5) is 5.69 Å². The highest BCUT2D eigenvalue weighted by molar-refractivity contribution is 8.01. The van der Waals surface area contributed by atoms with Gasteiger partial charge in [0.05, 0.1) is 0 Å². The number of nitrogens with one attached hydrogen (secondary N) is 1. The van der Waals surface area contributed by atoms with E-state index in [1.165, 1.54) is 16.9 Å². The molecule has 3 aromatic rings. The molecule has 0 saturated carbocycles. The van der Waals surface area contributed by atoms with Crippen molar-refractivity contribution in [2.45, 2.75) is 28.5 Å². The van der Waals surface area contributed by atoms with Gasteiger partial charge in [0.15, 0.2) is 4.34 Å². The molecule has 1 amide bonds. The maximum atomic E-state index is 12.0. The zero-order valence-corrected chi connectivity index (χ0v) is 14.6. The smallest absolute Gasteiger partial charge is 0.224 e. The molecule has 122 valence electrons. The van der Waals surface area contributed by atoms with Crippen molar-refractivity contribution in [3.05, 3.63) is 65.7 Å². The van der Waals surface area contributed by atoms with Gasteiger partial charge in [-0.15, -0.1) is 10.2 Å². The second-order valence-corrected chi connectivity index (χ2v) is 7.37. The molecule has 24 heavy (non-hydrogen) atoms. The van der Waals surface area contributed by atoms with Crippen LogP contribution in [-0.4, -0.2) is 16.1 Å². The minimum Gasteiger partial charge on any atom is -0.326 e. The van der Waals surface area contributed by atoms with Crippen molar-refractivity contribution in [1.29, 1.82) is 0 Å². The molecule has 0 bridgehead atoms. The Kier molecular flexibility index (Phi) is 5.98. The molecule has 1 N–H and O–H groups in total. The highest BCUT2D eigenvalue weighted by Crippen LogP contribution is 2.29. The number of aryl methyl sites for hydroxylation is 1. The van der Waals surface area contributed by atoms with Crippen LogP contribution in [0.25, 0.3) is 0 Å². The number of anilines is 1. The Labute approximate surface area is 149 Å². The fourth-order valence-corrected chi connectivity index (χ4v) is 3.69. The summed E-state index contributed by atoms with van der Waals surface area (Å²) in [5.74, 6) is 0.0513. The Morgan fingerprint density at radius 1 is 1.08 bits per heavy atom. The maximum absolute atomic E-state index is 12.0. The molecule has 6 heteroatoms. The van der Waals surface area contributed by atoms with Crippen LogP contribution in [0, 0.1) is 0 Å². The number of hydrogen-bond donors (Lipinski definition) is 1.